The second-order valence-electron chi connectivity index (χ2n) is 14.1. The summed E-state index contributed by atoms with van der Waals surface area (Å²) in [5.74, 6) is -7.32. The van der Waals surface area contributed by atoms with Crippen molar-refractivity contribution in [2.24, 2.45) is 5.92 Å². The molecule has 3 aliphatic heterocycles. The molecule has 1 unspecified atom stereocenters. The number of benzene rings is 3. The van der Waals surface area contributed by atoms with E-state index in [1.807, 2.05) is 47.8 Å². The van der Waals surface area contributed by atoms with Gasteiger partial charge in [-0.1, -0.05) is 18.2 Å². The zero-order valence-corrected chi connectivity index (χ0v) is 30.0. The van der Waals surface area contributed by atoms with Gasteiger partial charge in [0.2, 0.25) is 11.8 Å². The number of carbonyl (C=O) groups is 4. The third-order valence-electron chi connectivity index (χ3n) is 10.6. The Kier molecular flexibility index (Phi) is 7.24. The van der Waals surface area contributed by atoms with Gasteiger partial charge in [-0.25, -0.2) is 23.4 Å². The summed E-state index contributed by atoms with van der Waals surface area (Å²) in [6.45, 7) is -15.0. The highest BCUT2D eigenvalue weighted by molar-refractivity contribution is 6.24. The Labute approximate surface area is 336 Å². The van der Waals surface area contributed by atoms with E-state index in [2.05, 4.69) is 9.97 Å². The summed E-state index contributed by atoms with van der Waals surface area (Å²) in [5.41, 5.74) is 4.40. The highest BCUT2D eigenvalue weighted by Crippen LogP contribution is 2.40. The van der Waals surface area contributed by atoms with Crippen LogP contribution in [0.2, 0.25) is 0 Å². The van der Waals surface area contributed by atoms with Gasteiger partial charge >= 0.3 is 0 Å². The molecule has 1 atom stereocenters. The fourth-order valence-corrected chi connectivity index (χ4v) is 7.81. The number of hydrogen-bond acceptors (Lipinski definition) is 11. The molecule has 2 saturated heterocycles. The number of nitrogens with zero attached hydrogens (tertiary/aromatic N) is 7. The molecule has 5 heterocycles. The smallest absolute Gasteiger partial charge is 0.265 e. The minimum absolute atomic E-state index is 0.204. The Morgan fingerprint density at radius 2 is 1.60 bits per heavy atom. The van der Waals surface area contributed by atoms with E-state index in [9.17, 15) is 19.2 Å². The normalized spacial score (nSPS) is 27.2. The summed E-state index contributed by atoms with van der Waals surface area (Å²) in [5, 5.41) is 7.41. The summed E-state index contributed by atoms with van der Waals surface area (Å²) >= 11 is 0. The average molecular weight is 784 g/mol. The van der Waals surface area contributed by atoms with Crippen molar-refractivity contribution in [2.45, 2.75) is 50.6 Å². The first-order valence-corrected chi connectivity index (χ1v) is 18.3. The van der Waals surface area contributed by atoms with Gasteiger partial charge in [-0.05, 0) is 80.5 Å². The number of rotatable bonds is 8. The molecule has 16 heteroatoms. The van der Waals surface area contributed by atoms with Crippen LogP contribution in [-0.2, 0) is 9.59 Å². The number of hydrogen-bond donors (Lipinski definition) is 2. The zero-order chi connectivity index (χ0) is 46.5. The van der Waals surface area contributed by atoms with Crippen molar-refractivity contribution in [3.8, 4) is 22.8 Å². The van der Waals surface area contributed by atoms with Crippen LogP contribution in [0.5, 0.6) is 11.5 Å². The van der Waals surface area contributed by atoms with Crippen LogP contribution in [0.3, 0.4) is 0 Å². The van der Waals surface area contributed by atoms with Gasteiger partial charge in [-0.3, -0.25) is 34.3 Å². The largest absolute Gasteiger partial charge is 0.457 e. The zero-order valence-electron chi connectivity index (χ0n) is 38.0. The van der Waals surface area contributed by atoms with Crippen LogP contribution in [-0.4, -0.2) is 91.8 Å². The Morgan fingerprint density at radius 3 is 2.32 bits per heavy atom. The summed E-state index contributed by atoms with van der Waals surface area (Å²) in [6, 6.07) is 15.0. The third kappa shape index (κ3) is 6.62. The van der Waals surface area contributed by atoms with Crippen molar-refractivity contribution in [3.05, 3.63) is 89.8 Å². The van der Waals surface area contributed by atoms with Crippen LogP contribution in [0.15, 0.2) is 67.0 Å². The first-order chi connectivity index (χ1) is 30.7. The average Bonchev–Trinajstić information content (AvgIpc) is 3.76. The number of para-hydroxylation sites is 1. The maximum Gasteiger partial charge on any atom is 0.265 e. The number of piperazine rings is 1. The van der Waals surface area contributed by atoms with Gasteiger partial charge in [-0.15, -0.1) is 0 Å². The molecule has 1 aliphatic carbocycles. The number of piperidine rings is 1. The second kappa shape index (κ2) is 14.7. The summed E-state index contributed by atoms with van der Waals surface area (Å²) < 4.78 is 112. The Hall–Kier alpha value is -6.29. The van der Waals surface area contributed by atoms with E-state index in [0.29, 0.717) is 75.3 Å². The van der Waals surface area contributed by atoms with E-state index in [4.69, 9.17) is 26.5 Å². The fourth-order valence-electron chi connectivity index (χ4n) is 7.81. The standard InChI is InChI=1S/C41H39F2N9O5/c42-29-20-28-32(41(56)51(40(28)55)30-14-15-31(53)47-39(30)54)34(43)36(29)50-18-16-49(17-19-50)21-23-6-10-25(11-7-23)52-38-33(37(44)45-22-46-38)35(48-52)24-8-12-27(13-9-24)57-26-4-2-1-3-5-26/h1-5,8-9,12-13,20,22-23,25,30H,6-7,10-11,14-19,21H2,(H2,44,45,46)(H,47,53,54)/i16D2,17D2,18D2,19D2. The maximum absolute atomic E-state index is 16.6. The van der Waals surface area contributed by atoms with Crippen molar-refractivity contribution in [1.29, 1.82) is 0 Å². The number of anilines is 2. The van der Waals surface area contributed by atoms with Crippen molar-refractivity contribution >= 4 is 46.2 Å². The summed E-state index contributed by atoms with van der Waals surface area (Å²) in [6.07, 6.45) is 2.18. The molecule has 14 nitrogen and oxygen atoms in total. The molecule has 57 heavy (non-hydrogen) atoms. The fraction of sp³-hybridized carbons (Fsp3) is 0.341. The lowest BCUT2D eigenvalue weighted by Gasteiger charge is -2.39. The molecule has 4 amide bonds. The molecule has 3 aromatic carbocycles. The number of ether oxygens (including phenoxy) is 1. The minimum Gasteiger partial charge on any atom is -0.457 e. The predicted molar refractivity (Wildman–Crippen MR) is 204 cm³/mol. The number of nitrogen functional groups attached to an aromatic ring is 1. The van der Waals surface area contributed by atoms with Gasteiger partial charge in [0.15, 0.2) is 11.5 Å². The lowest BCUT2D eigenvalue weighted by atomic mass is 9.85. The number of amides is 4. The molecule has 3 N–H and O–H groups in total. The number of nitrogens with one attached hydrogen (secondary N) is 1. The van der Waals surface area contributed by atoms with Crippen molar-refractivity contribution in [1.82, 2.24) is 34.9 Å². The molecule has 292 valence electrons. The lowest BCUT2D eigenvalue weighted by molar-refractivity contribution is -0.136. The first kappa shape index (κ1) is 28.2. The van der Waals surface area contributed by atoms with Crippen molar-refractivity contribution < 1.29 is 43.7 Å². The molecule has 2 aromatic heterocycles. The van der Waals surface area contributed by atoms with Gasteiger partial charge in [0.25, 0.3) is 11.8 Å². The van der Waals surface area contributed by atoms with Crippen molar-refractivity contribution in [3.63, 3.8) is 0 Å². The second-order valence-corrected chi connectivity index (χ2v) is 14.1. The van der Waals surface area contributed by atoms with Gasteiger partial charge in [0.1, 0.15) is 46.9 Å². The number of aromatic nitrogens is 4. The van der Waals surface area contributed by atoms with Crippen molar-refractivity contribution in [2.75, 3.05) is 43.2 Å². The molecule has 0 spiro atoms. The molecular weight excluding hydrogens is 737 g/mol. The van der Waals surface area contributed by atoms with E-state index in [-0.39, 0.29) is 29.6 Å². The molecule has 1 saturated carbocycles. The van der Waals surface area contributed by atoms with Gasteiger partial charge < -0.3 is 15.4 Å². The van der Waals surface area contributed by atoms with E-state index in [0.717, 1.165) is 0 Å². The third-order valence-corrected chi connectivity index (χ3v) is 10.6. The molecule has 9 rings (SSSR count). The summed E-state index contributed by atoms with van der Waals surface area (Å²) in [7, 11) is 0. The molecular formula is C41H39F2N9O5. The predicted octanol–water partition coefficient (Wildman–Crippen LogP) is 5.10. The molecule has 0 bridgehead atoms. The van der Waals surface area contributed by atoms with Crippen LogP contribution in [0.1, 0.15) is 76.2 Å². The Bertz CT molecular complexity index is 2770. The van der Waals surface area contributed by atoms with Crippen LogP contribution in [0.4, 0.5) is 20.3 Å². The van der Waals surface area contributed by atoms with Gasteiger partial charge in [-0.2, -0.15) is 5.10 Å². The first-order valence-electron chi connectivity index (χ1n) is 22.3. The Balaban J connectivity index is 0.960. The monoisotopic (exact) mass is 783 g/mol. The number of halogens is 2. The quantitative estimate of drug-likeness (QED) is 0.201. The number of imide groups is 2. The van der Waals surface area contributed by atoms with Gasteiger partial charge in [0, 0.05) is 50.0 Å². The van der Waals surface area contributed by atoms with Crippen LogP contribution < -0.4 is 20.7 Å². The van der Waals surface area contributed by atoms with Crippen LogP contribution in [0.25, 0.3) is 22.3 Å². The minimum atomic E-state index is -3.74. The van der Waals surface area contributed by atoms with E-state index >= 15 is 8.78 Å². The topological polar surface area (TPSA) is 169 Å². The number of carbonyl (C=O) groups excluding carboxylic acids is 4. The molecule has 0 radical (unpaired) electrons. The summed E-state index contributed by atoms with van der Waals surface area (Å²) in [4.78, 5) is 60.2. The van der Waals surface area contributed by atoms with E-state index in [1.54, 1.807) is 16.8 Å². The number of nitrogens with two attached hydrogens (primary N) is 1. The maximum atomic E-state index is 16.6. The number of fused-ring (bicyclic) bond motifs is 2. The highest BCUT2D eigenvalue weighted by Gasteiger charge is 2.47. The molecule has 5 aromatic rings. The van der Waals surface area contributed by atoms with Gasteiger partial charge in [0.05, 0.1) is 28.0 Å². The van der Waals surface area contributed by atoms with Crippen LogP contribution in [0, 0.1) is 17.6 Å². The van der Waals surface area contributed by atoms with E-state index < -0.39 is 96.6 Å². The molecule has 3 fully saturated rings. The highest BCUT2D eigenvalue weighted by atomic mass is 19.1. The lowest BCUT2D eigenvalue weighted by Crippen LogP contribution is -2.54. The SMILES string of the molecule is [2H]C1([2H])N(CC2CCC(n3nc(-c4ccc(Oc5ccccc5)cc4)c4c(N)ncnc43)CC2)C([2H])([2H])C([2H])([2H])N(c2c(F)cc3c(c2F)C(=O)N(C2CCC(=O)NC2=O)C3=O)C1([2H])[2H]. The Morgan fingerprint density at radius 1 is 0.877 bits per heavy atom. The molecule has 4 aliphatic rings. The van der Waals surface area contributed by atoms with Crippen LogP contribution >= 0.6 is 0 Å². The van der Waals surface area contributed by atoms with E-state index in [1.165, 1.54) is 6.33 Å².